The Hall–Kier alpha value is 0.660. The zero-order valence-electron chi connectivity index (χ0n) is 5.18. The van der Waals surface area contributed by atoms with Crippen LogP contribution in [0.3, 0.4) is 0 Å². The first-order chi connectivity index (χ1) is 3.91. The standard InChI is InChI=1S/C5H13NS2/c1-2-3-6-4-5-8-7/h6-7H,2-5H2,1H3. The summed E-state index contributed by atoms with van der Waals surface area (Å²) in [7, 11) is 1.58. The van der Waals surface area contributed by atoms with Crippen LogP contribution in [-0.4, -0.2) is 18.8 Å². The summed E-state index contributed by atoms with van der Waals surface area (Å²) in [5.41, 5.74) is 0. The summed E-state index contributed by atoms with van der Waals surface area (Å²) >= 11 is 4.00. The van der Waals surface area contributed by atoms with E-state index < -0.39 is 0 Å². The molecule has 0 fully saturated rings. The van der Waals surface area contributed by atoms with Gasteiger partial charge in [-0.15, -0.1) is 11.7 Å². The molecular formula is C5H13NS2. The van der Waals surface area contributed by atoms with Gasteiger partial charge in [0.15, 0.2) is 0 Å². The van der Waals surface area contributed by atoms with Crippen molar-refractivity contribution in [3.05, 3.63) is 0 Å². The summed E-state index contributed by atoms with van der Waals surface area (Å²) in [5.74, 6) is 1.10. The second kappa shape index (κ2) is 7.66. The predicted octanol–water partition coefficient (Wildman–Crippen LogP) is 1.56. The summed E-state index contributed by atoms with van der Waals surface area (Å²) in [4.78, 5) is 0. The lowest BCUT2D eigenvalue weighted by atomic mass is 10.5. The molecule has 0 aromatic rings. The number of hydrogen-bond acceptors (Lipinski definition) is 3. The van der Waals surface area contributed by atoms with Crippen LogP contribution < -0.4 is 5.32 Å². The van der Waals surface area contributed by atoms with Crippen molar-refractivity contribution in [2.24, 2.45) is 0 Å². The largest absolute Gasteiger partial charge is 0.316 e. The summed E-state index contributed by atoms with van der Waals surface area (Å²) in [6.07, 6.45) is 1.22. The molecule has 0 aromatic heterocycles. The minimum atomic E-state index is 1.09. The highest BCUT2D eigenvalue weighted by molar-refractivity contribution is 8.68. The third-order valence-electron chi connectivity index (χ3n) is 0.797. The third kappa shape index (κ3) is 6.66. The fourth-order valence-electron chi connectivity index (χ4n) is 0.420. The minimum absolute atomic E-state index is 1.09. The fourth-order valence-corrected chi connectivity index (χ4v) is 0.929. The molecular weight excluding hydrogens is 138 g/mol. The van der Waals surface area contributed by atoms with E-state index in [-0.39, 0.29) is 0 Å². The van der Waals surface area contributed by atoms with E-state index >= 15 is 0 Å². The van der Waals surface area contributed by atoms with Gasteiger partial charge < -0.3 is 5.32 Å². The molecule has 0 atom stereocenters. The van der Waals surface area contributed by atoms with Crippen LogP contribution in [0.4, 0.5) is 0 Å². The lowest BCUT2D eigenvalue weighted by Gasteiger charge is -1.97. The molecule has 0 aliphatic heterocycles. The molecule has 0 rings (SSSR count). The van der Waals surface area contributed by atoms with Gasteiger partial charge in [0.2, 0.25) is 0 Å². The van der Waals surface area contributed by atoms with Gasteiger partial charge in [-0.2, -0.15) is 0 Å². The van der Waals surface area contributed by atoms with Crippen molar-refractivity contribution in [3.8, 4) is 0 Å². The minimum Gasteiger partial charge on any atom is -0.316 e. The first-order valence-corrected chi connectivity index (χ1v) is 4.92. The molecule has 1 N–H and O–H groups in total. The molecule has 0 spiro atoms. The van der Waals surface area contributed by atoms with E-state index in [1.54, 1.807) is 10.8 Å². The first kappa shape index (κ1) is 8.66. The Balaban J connectivity index is 2.53. The molecule has 0 unspecified atom stereocenters. The fraction of sp³-hybridized carbons (Fsp3) is 1.00. The molecule has 50 valence electrons. The Kier molecular flexibility index (Phi) is 8.29. The number of rotatable bonds is 5. The molecule has 0 radical (unpaired) electrons. The van der Waals surface area contributed by atoms with Crippen molar-refractivity contribution in [2.45, 2.75) is 13.3 Å². The van der Waals surface area contributed by atoms with Crippen LogP contribution in [-0.2, 0) is 0 Å². The van der Waals surface area contributed by atoms with E-state index in [0.717, 1.165) is 18.8 Å². The van der Waals surface area contributed by atoms with Crippen LogP contribution >= 0.6 is 22.5 Å². The van der Waals surface area contributed by atoms with Gasteiger partial charge in [-0.1, -0.05) is 17.7 Å². The van der Waals surface area contributed by atoms with Crippen LogP contribution in [0, 0.1) is 0 Å². The second-order valence-corrected chi connectivity index (χ2v) is 3.02. The summed E-state index contributed by atoms with van der Waals surface area (Å²) in [6.45, 7) is 4.39. The summed E-state index contributed by atoms with van der Waals surface area (Å²) < 4.78 is 0. The van der Waals surface area contributed by atoms with Gasteiger partial charge in [-0.3, -0.25) is 0 Å². The van der Waals surface area contributed by atoms with Crippen LogP contribution in [0.2, 0.25) is 0 Å². The van der Waals surface area contributed by atoms with Gasteiger partial charge in [-0.25, -0.2) is 0 Å². The highest BCUT2D eigenvalue weighted by atomic mass is 33.1. The molecule has 0 aliphatic rings. The molecule has 3 heteroatoms. The van der Waals surface area contributed by atoms with Crippen LogP contribution in [0.25, 0.3) is 0 Å². The Bertz CT molecular complexity index is 35.4. The molecule has 8 heavy (non-hydrogen) atoms. The normalized spacial score (nSPS) is 9.75. The lowest BCUT2D eigenvalue weighted by molar-refractivity contribution is 0.708. The quantitative estimate of drug-likeness (QED) is 0.351. The zero-order chi connectivity index (χ0) is 6.24. The molecule has 0 bridgehead atoms. The topological polar surface area (TPSA) is 12.0 Å². The van der Waals surface area contributed by atoms with Crippen molar-refractivity contribution in [1.29, 1.82) is 0 Å². The molecule has 0 saturated carbocycles. The van der Waals surface area contributed by atoms with Crippen molar-refractivity contribution in [1.82, 2.24) is 5.32 Å². The van der Waals surface area contributed by atoms with Crippen LogP contribution in [0.1, 0.15) is 13.3 Å². The molecule has 0 aliphatic carbocycles. The highest BCUT2D eigenvalue weighted by Crippen LogP contribution is 2.01. The smallest absolute Gasteiger partial charge is 0.0160 e. The predicted molar refractivity (Wildman–Crippen MR) is 44.6 cm³/mol. The van der Waals surface area contributed by atoms with Crippen LogP contribution in [0.5, 0.6) is 0 Å². The summed E-state index contributed by atoms with van der Waals surface area (Å²) in [6, 6.07) is 0. The van der Waals surface area contributed by atoms with Gasteiger partial charge in [0.1, 0.15) is 0 Å². The van der Waals surface area contributed by atoms with Gasteiger partial charge in [0.05, 0.1) is 0 Å². The van der Waals surface area contributed by atoms with Gasteiger partial charge >= 0.3 is 0 Å². The van der Waals surface area contributed by atoms with E-state index in [1.165, 1.54) is 6.42 Å². The van der Waals surface area contributed by atoms with Crippen LogP contribution in [0.15, 0.2) is 0 Å². The molecule has 1 nitrogen and oxygen atoms in total. The van der Waals surface area contributed by atoms with Gasteiger partial charge in [-0.05, 0) is 13.0 Å². The Morgan fingerprint density at radius 1 is 1.50 bits per heavy atom. The van der Waals surface area contributed by atoms with Gasteiger partial charge in [0.25, 0.3) is 0 Å². The van der Waals surface area contributed by atoms with E-state index in [0.29, 0.717) is 0 Å². The van der Waals surface area contributed by atoms with E-state index in [4.69, 9.17) is 0 Å². The average Bonchev–Trinajstić information content (AvgIpc) is 1.81. The maximum Gasteiger partial charge on any atom is 0.0160 e. The van der Waals surface area contributed by atoms with E-state index in [2.05, 4.69) is 23.9 Å². The second-order valence-electron chi connectivity index (χ2n) is 1.58. The Morgan fingerprint density at radius 2 is 2.25 bits per heavy atom. The SMILES string of the molecule is CCCNCCSS. The van der Waals surface area contributed by atoms with Gasteiger partial charge in [0, 0.05) is 12.3 Å². The Morgan fingerprint density at radius 3 is 2.75 bits per heavy atom. The van der Waals surface area contributed by atoms with Crippen molar-refractivity contribution in [2.75, 3.05) is 18.8 Å². The summed E-state index contributed by atoms with van der Waals surface area (Å²) in [5, 5.41) is 3.27. The lowest BCUT2D eigenvalue weighted by Crippen LogP contribution is -2.17. The van der Waals surface area contributed by atoms with Crippen molar-refractivity contribution in [3.63, 3.8) is 0 Å². The van der Waals surface area contributed by atoms with E-state index in [1.807, 2.05) is 0 Å². The number of nitrogens with one attached hydrogen (secondary N) is 1. The van der Waals surface area contributed by atoms with E-state index in [9.17, 15) is 0 Å². The number of thiol groups is 1. The average molecular weight is 151 g/mol. The van der Waals surface area contributed by atoms with Crippen molar-refractivity contribution < 1.29 is 0 Å². The Labute approximate surface area is 60.4 Å². The van der Waals surface area contributed by atoms with Crippen molar-refractivity contribution >= 4 is 22.5 Å². The highest BCUT2D eigenvalue weighted by Gasteiger charge is 1.81. The molecule has 0 saturated heterocycles. The maximum atomic E-state index is 4.00. The zero-order valence-corrected chi connectivity index (χ0v) is 6.89. The number of hydrogen-bond donors (Lipinski definition) is 2. The third-order valence-corrected chi connectivity index (χ3v) is 1.73. The molecule has 0 heterocycles. The molecule has 0 amide bonds. The molecule has 0 aromatic carbocycles. The first-order valence-electron chi connectivity index (χ1n) is 2.89. The monoisotopic (exact) mass is 151 g/mol. The maximum absolute atomic E-state index is 4.00.